The molecule has 2 amide bonds. The molecule has 1 aromatic carbocycles. The van der Waals surface area contributed by atoms with Gasteiger partial charge >= 0.3 is 12.1 Å². The molecular formula is C20H21F3N2O5. The van der Waals surface area contributed by atoms with E-state index in [0.29, 0.717) is 12.8 Å². The fraction of sp³-hybridized carbons (Fsp3) is 0.450. The Morgan fingerprint density at radius 3 is 2.50 bits per heavy atom. The van der Waals surface area contributed by atoms with E-state index in [4.69, 9.17) is 5.11 Å². The maximum atomic E-state index is 13.6. The molecule has 3 rings (SSSR count). The van der Waals surface area contributed by atoms with E-state index in [2.05, 4.69) is 0 Å². The Labute approximate surface area is 170 Å². The van der Waals surface area contributed by atoms with E-state index in [1.165, 1.54) is 6.07 Å². The predicted molar refractivity (Wildman–Crippen MR) is 98.4 cm³/mol. The largest absolute Gasteiger partial charge is 0.511 e. The van der Waals surface area contributed by atoms with Crippen LogP contribution < -0.4 is 5.32 Å². The molecule has 1 heterocycles. The number of aliphatic hydroxyl groups is 1. The summed E-state index contributed by atoms with van der Waals surface area (Å²) < 4.78 is 40.7. The van der Waals surface area contributed by atoms with Gasteiger partial charge in [-0.05, 0) is 36.0 Å². The predicted octanol–water partition coefficient (Wildman–Crippen LogP) is 2.72. The van der Waals surface area contributed by atoms with E-state index in [0.717, 1.165) is 17.4 Å². The van der Waals surface area contributed by atoms with Crippen LogP contribution in [0.1, 0.15) is 48.3 Å². The van der Waals surface area contributed by atoms with Crippen LogP contribution in [0, 0.1) is 0 Å². The second-order valence-electron chi connectivity index (χ2n) is 7.42. The first-order chi connectivity index (χ1) is 14.1. The van der Waals surface area contributed by atoms with Crippen molar-refractivity contribution in [1.82, 2.24) is 10.2 Å². The Kier molecular flexibility index (Phi) is 6.04. The Morgan fingerprint density at radius 2 is 1.93 bits per heavy atom. The van der Waals surface area contributed by atoms with Gasteiger partial charge in [-0.1, -0.05) is 18.6 Å². The number of halogens is 3. The van der Waals surface area contributed by atoms with Gasteiger partial charge in [0.2, 0.25) is 0 Å². The van der Waals surface area contributed by atoms with Crippen LogP contribution in [0.2, 0.25) is 0 Å². The summed E-state index contributed by atoms with van der Waals surface area (Å²) in [5, 5.41) is 20.6. The normalized spacial score (nSPS) is 17.7. The first kappa shape index (κ1) is 21.7. The van der Waals surface area contributed by atoms with E-state index >= 15 is 0 Å². The molecular weight excluding hydrogens is 405 g/mol. The number of aliphatic hydroxyl groups excluding tert-OH is 1. The van der Waals surface area contributed by atoms with Gasteiger partial charge in [0.1, 0.15) is 17.9 Å². The number of alkyl halides is 3. The summed E-state index contributed by atoms with van der Waals surface area (Å²) in [5.74, 6) is -3.82. The van der Waals surface area contributed by atoms with Crippen LogP contribution in [-0.4, -0.2) is 46.0 Å². The minimum Gasteiger partial charge on any atom is -0.511 e. The second kappa shape index (κ2) is 8.37. The molecule has 1 saturated carbocycles. The number of benzene rings is 1. The molecule has 0 radical (unpaired) electrons. The van der Waals surface area contributed by atoms with Crippen molar-refractivity contribution in [1.29, 1.82) is 0 Å². The molecule has 3 N–H and O–H groups in total. The zero-order valence-corrected chi connectivity index (χ0v) is 16.0. The molecule has 1 aliphatic carbocycles. The van der Waals surface area contributed by atoms with Gasteiger partial charge in [-0.2, -0.15) is 13.2 Å². The lowest BCUT2D eigenvalue weighted by Crippen LogP contribution is -2.43. The molecule has 0 aromatic heterocycles. The average molecular weight is 426 g/mol. The number of carbonyl (C=O) groups is 3. The molecule has 1 aromatic rings. The lowest BCUT2D eigenvalue weighted by molar-refractivity contribution is -0.139. The van der Waals surface area contributed by atoms with E-state index in [-0.39, 0.29) is 36.6 Å². The number of nitrogens with one attached hydrogen (secondary N) is 1. The number of nitrogens with zero attached hydrogens (tertiary/aromatic N) is 1. The Hall–Kier alpha value is -3.04. The topological polar surface area (TPSA) is 107 Å². The number of hydrogen-bond donors (Lipinski definition) is 3. The highest BCUT2D eigenvalue weighted by Crippen LogP contribution is 2.43. The van der Waals surface area contributed by atoms with Gasteiger partial charge in [0.25, 0.3) is 11.8 Å². The van der Waals surface area contributed by atoms with E-state index in [9.17, 15) is 32.7 Å². The van der Waals surface area contributed by atoms with Crippen molar-refractivity contribution in [2.75, 3.05) is 13.1 Å². The smallest absolute Gasteiger partial charge is 0.416 e. The van der Waals surface area contributed by atoms with Gasteiger partial charge in [0.05, 0.1) is 5.56 Å². The van der Waals surface area contributed by atoms with E-state index in [1.807, 2.05) is 5.32 Å². The summed E-state index contributed by atoms with van der Waals surface area (Å²) in [7, 11) is 0. The van der Waals surface area contributed by atoms with Crippen molar-refractivity contribution in [2.45, 2.75) is 44.3 Å². The van der Waals surface area contributed by atoms with Crippen molar-refractivity contribution in [2.24, 2.45) is 0 Å². The molecule has 0 saturated heterocycles. The van der Waals surface area contributed by atoms with Crippen molar-refractivity contribution in [3.63, 3.8) is 0 Å². The standard InChI is InChI=1S/C20H21F3N2O5/c21-20(22,23)14-8-11(4-5-13(14)12-2-1-3-12)10-25-7-6-15(26)17(19(25)30)18(29)24-9-16(27)28/h4-5,8,12,26H,1-3,6-7,9-10H2,(H,24,29)(H,27,28). The summed E-state index contributed by atoms with van der Waals surface area (Å²) in [6.45, 7) is -0.886. The third-order valence-electron chi connectivity index (χ3n) is 5.38. The maximum absolute atomic E-state index is 13.6. The Morgan fingerprint density at radius 1 is 1.23 bits per heavy atom. The number of carboxylic acids is 1. The fourth-order valence-electron chi connectivity index (χ4n) is 3.62. The third-order valence-corrected chi connectivity index (χ3v) is 5.38. The summed E-state index contributed by atoms with van der Waals surface area (Å²) >= 11 is 0. The second-order valence-corrected chi connectivity index (χ2v) is 7.42. The molecule has 0 atom stereocenters. The van der Waals surface area contributed by atoms with Crippen LogP contribution in [0.15, 0.2) is 29.5 Å². The van der Waals surface area contributed by atoms with Gasteiger partial charge in [-0.25, -0.2) is 0 Å². The lowest BCUT2D eigenvalue weighted by atomic mass is 9.77. The summed E-state index contributed by atoms with van der Waals surface area (Å²) in [5.41, 5.74) is -0.796. The van der Waals surface area contributed by atoms with Gasteiger partial charge in [0.15, 0.2) is 0 Å². The number of carbonyl (C=O) groups excluding carboxylic acids is 2. The van der Waals surface area contributed by atoms with Crippen molar-refractivity contribution < 1.29 is 37.8 Å². The molecule has 1 fully saturated rings. The molecule has 0 spiro atoms. The van der Waals surface area contributed by atoms with Gasteiger partial charge in [0, 0.05) is 19.5 Å². The highest BCUT2D eigenvalue weighted by atomic mass is 19.4. The van der Waals surface area contributed by atoms with E-state index < -0.39 is 47.4 Å². The maximum Gasteiger partial charge on any atom is 0.416 e. The van der Waals surface area contributed by atoms with Crippen LogP contribution in [0.5, 0.6) is 0 Å². The van der Waals surface area contributed by atoms with E-state index in [1.54, 1.807) is 6.07 Å². The molecule has 0 unspecified atom stereocenters. The molecule has 1 aliphatic heterocycles. The SMILES string of the molecule is O=C(O)CNC(=O)C1=C(O)CCN(Cc2ccc(C3CCC3)c(C(F)(F)F)c2)C1=O. The van der Waals surface area contributed by atoms with Crippen LogP contribution in [0.3, 0.4) is 0 Å². The van der Waals surface area contributed by atoms with Crippen molar-refractivity contribution in [3.05, 3.63) is 46.2 Å². The molecule has 162 valence electrons. The molecule has 10 heteroatoms. The molecule has 2 aliphatic rings. The molecule has 0 bridgehead atoms. The zero-order valence-electron chi connectivity index (χ0n) is 16.0. The first-order valence-electron chi connectivity index (χ1n) is 9.49. The van der Waals surface area contributed by atoms with Crippen LogP contribution in [-0.2, 0) is 27.1 Å². The van der Waals surface area contributed by atoms with Crippen LogP contribution in [0.25, 0.3) is 0 Å². The number of aliphatic carboxylic acids is 1. The van der Waals surface area contributed by atoms with Gasteiger partial charge in [-0.15, -0.1) is 0 Å². The average Bonchev–Trinajstić information content (AvgIpc) is 2.61. The highest BCUT2D eigenvalue weighted by Gasteiger charge is 2.37. The molecule has 7 nitrogen and oxygen atoms in total. The monoisotopic (exact) mass is 426 g/mol. The lowest BCUT2D eigenvalue weighted by Gasteiger charge is -2.30. The van der Waals surface area contributed by atoms with Crippen molar-refractivity contribution >= 4 is 17.8 Å². The minimum absolute atomic E-state index is 0.0199. The summed E-state index contributed by atoms with van der Waals surface area (Å²) in [6.07, 6.45) is -2.26. The number of carboxylic acid groups (broad SMARTS) is 1. The Bertz CT molecular complexity index is 906. The molecule has 30 heavy (non-hydrogen) atoms. The zero-order chi connectivity index (χ0) is 22.1. The van der Waals surface area contributed by atoms with Crippen molar-refractivity contribution in [3.8, 4) is 0 Å². The van der Waals surface area contributed by atoms with Crippen LogP contribution in [0.4, 0.5) is 13.2 Å². The first-order valence-corrected chi connectivity index (χ1v) is 9.49. The number of amides is 2. The third kappa shape index (κ3) is 4.58. The summed E-state index contributed by atoms with van der Waals surface area (Å²) in [6, 6.07) is 4.02. The number of hydrogen-bond acceptors (Lipinski definition) is 4. The Balaban J connectivity index is 1.80. The highest BCUT2D eigenvalue weighted by molar-refractivity contribution is 6.19. The quantitative estimate of drug-likeness (QED) is 0.607. The van der Waals surface area contributed by atoms with Gasteiger partial charge in [-0.3, -0.25) is 14.4 Å². The fourth-order valence-corrected chi connectivity index (χ4v) is 3.62. The number of rotatable bonds is 6. The van der Waals surface area contributed by atoms with Gasteiger partial charge < -0.3 is 20.4 Å². The minimum atomic E-state index is -4.52. The van der Waals surface area contributed by atoms with Crippen LogP contribution >= 0.6 is 0 Å². The summed E-state index contributed by atoms with van der Waals surface area (Å²) in [4.78, 5) is 36.4.